The highest BCUT2D eigenvalue weighted by Gasteiger charge is 2.14. The number of ether oxygens (including phenoxy) is 1. The van der Waals surface area contributed by atoms with Crippen LogP contribution in [0.15, 0.2) is 66.9 Å². The molecule has 0 unspecified atom stereocenters. The van der Waals surface area contributed by atoms with Gasteiger partial charge in [0.2, 0.25) is 0 Å². The van der Waals surface area contributed by atoms with E-state index in [4.69, 9.17) is 4.74 Å². The minimum atomic E-state index is -0.328. The summed E-state index contributed by atoms with van der Waals surface area (Å²) in [7, 11) is 3.45. The van der Waals surface area contributed by atoms with Crippen molar-refractivity contribution in [3.8, 4) is 11.1 Å². The molecule has 0 saturated carbocycles. The third-order valence-electron chi connectivity index (χ3n) is 4.27. The molecule has 0 atom stereocenters. The number of aromatic nitrogens is 1. The number of hydrogen-bond donors (Lipinski definition) is 0. The molecule has 0 N–H and O–H groups in total. The first-order valence-corrected chi connectivity index (χ1v) is 8.49. The standard InChI is InChI=1S/C22H22N2O2/c1-16-12-17(20-9-4-5-10-21(20)22(25)26-3)14-19(13-16)24(2)15-18-8-6-7-11-23-18/h4-14H,15H2,1-3H3. The van der Waals surface area contributed by atoms with Crippen molar-refractivity contribution >= 4 is 11.7 Å². The van der Waals surface area contributed by atoms with Crippen LogP contribution >= 0.6 is 0 Å². The minimum absolute atomic E-state index is 0.328. The molecule has 0 radical (unpaired) electrons. The average Bonchev–Trinajstić information content (AvgIpc) is 2.67. The van der Waals surface area contributed by atoms with Gasteiger partial charge in [-0.2, -0.15) is 0 Å². The second kappa shape index (κ2) is 7.83. The van der Waals surface area contributed by atoms with E-state index in [0.717, 1.165) is 28.1 Å². The Morgan fingerprint density at radius 3 is 2.58 bits per heavy atom. The number of anilines is 1. The third-order valence-corrected chi connectivity index (χ3v) is 4.27. The Bertz CT molecular complexity index is 907. The van der Waals surface area contributed by atoms with Crippen LogP contribution in [0.4, 0.5) is 5.69 Å². The van der Waals surface area contributed by atoms with Crippen LogP contribution in [-0.2, 0) is 11.3 Å². The van der Waals surface area contributed by atoms with Crippen LogP contribution in [0.1, 0.15) is 21.6 Å². The lowest BCUT2D eigenvalue weighted by Crippen LogP contribution is -2.17. The largest absolute Gasteiger partial charge is 0.465 e. The molecule has 0 saturated heterocycles. The van der Waals surface area contributed by atoms with Crippen molar-refractivity contribution in [1.29, 1.82) is 0 Å². The number of nitrogens with zero attached hydrogens (tertiary/aromatic N) is 2. The molecule has 0 aliphatic heterocycles. The van der Waals surface area contributed by atoms with Crippen molar-refractivity contribution in [3.63, 3.8) is 0 Å². The highest BCUT2D eigenvalue weighted by Crippen LogP contribution is 2.29. The number of carbonyl (C=O) groups excluding carboxylic acids is 1. The van der Waals surface area contributed by atoms with Crippen molar-refractivity contribution in [2.45, 2.75) is 13.5 Å². The number of hydrogen-bond acceptors (Lipinski definition) is 4. The molecule has 3 aromatic rings. The van der Waals surface area contributed by atoms with E-state index in [-0.39, 0.29) is 5.97 Å². The lowest BCUT2D eigenvalue weighted by atomic mass is 9.97. The summed E-state index contributed by atoms with van der Waals surface area (Å²) in [5.41, 5.74) is 5.65. The first kappa shape index (κ1) is 17.7. The Hall–Kier alpha value is -3.14. The van der Waals surface area contributed by atoms with Crippen LogP contribution in [0.5, 0.6) is 0 Å². The Morgan fingerprint density at radius 1 is 1.08 bits per heavy atom. The number of benzene rings is 2. The Kier molecular flexibility index (Phi) is 5.32. The van der Waals surface area contributed by atoms with Gasteiger partial charge >= 0.3 is 5.97 Å². The van der Waals surface area contributed by atoms with Crippen molar-refractivity contribution < 1.29 is 9.53 Å². The maximum Gasteiger partial charge on any atom is 0.338 e. The van der Waals surface area contributed by atoms with Gasteiger partial charge in [-0.1, -0.05) is 30.3 Å². The van der Waals surface area contributed by atoms with Crippen molar-refractivity contribution in [3.05, 3.63) is 83.7 Å². The first-order valence-electron chi connectivity index (χ1n) is 8.49. The Balaban J connectivity index is 1.97. The summed E-state index contributed by atoms with van der Waals surface area (Å²) in [5, 5.41) is 0. The number of carbonyl (C=O) groups is 1. The minimum Gasteiger partial charge on any atom is -0.465 e. The molecule has 1 heterocycles. The van der Waals surface area contributed by atoms with Crippen molar-refractivity contribution in [2.75, 3.05) is 19.1 Å². The molecule has 0 amide bonds. The summed E-state index contributed by atoms with van der Waals surface area (Å²) >= 11 is 0. The van der Waals surface area contributed by atoms with Gasteiger partial charge in [0.25, 0.3) is 0 Å². The van der Waals surface area contributed by atoms with Gasteiger partial charge in [-0.15, -0.1) is 0 Å². The number of aryl methyl sites for hydroxylation is 1. The molecule has 0 aliphatic carbocycles. The molecule has 0 fully saturated rings. The van der Waals surface area contributed by atoms with Crippen LogP contribution in [0.25, 0.3) is 11.1 Å². The normalized spacial score (nSPS) is 10.4. The van der Waals surface area contributed by atoms with Crippen LogP contribution < -0.4 is 4.90 Å². The van der Waals surface area contributed by atoms with E-state index >= 15 is 0 Å². The highest BCUT2D eigenvalue weighted by atomic mass is 16.5. The predicted molar refractivity (Wildman–Crippen MR) is 104 cm³/mol. The smallest absolute Gasteiger partial charge is 0.338 e. The van der Waals surface area contributed by atoms with Crippen LogP contribution in [0.2, 0.25) is 0 Å². The molecule has 4 heteroatoms. The molecule has 1 aromatic heterocycles. The summed E-state index contributed by atoms with van der Waals surface area (Å²) < 4.78 is 4.93. The fourth-order valence-corrected chi connectivity index (χ4v) is 2.99. The first-order chi connectivity index (χ1) is 12.6. The van der Waals surface area contributed by atoms with E-state index < -0.39 is 0 Å². The fourth-order valence-electron chi connectivity index (χ4n) is 2.99. The monoisotopic (exact) mass is 346 g/mol. The molecular weight excluding hydrogens is 324 g/mol. The molecule has 3 rings (SSSR count). The molecule has 4 nitrogen and oxygen atoms in total. The Labute approximate surface area is 154 Å². The van der Waals surface area contributed by atoms with E-state index in [2.05, 4.69) is 35.0 Å². The number of pyridine rings is 1. The quantitative estimate of drug-likeness (QED) is 0.639. The summed E-state index contributed by atoms with van der Waals surface area (Å²) in [6, 6.07) is 19.7. The lowest BCUT2D eigenvalue weighted by Gasteiger charge is -2.21. The van der Waals surface area contributed by atoms with Gasteiger partial charge in [0.15, 0.2) is 0 Å². The maximum atomic E-state index is 12.1. The number of rotatable bonds is 5. The SMILES string of the molecule is COC(=O)c1ccccc1-c1cc(C)cc(N(C)Cc2ccccn2)c1. The molecule has 0 aliphatic rings. The molecule has 26 heavy (non-hydrogen) atoms. The molecule has 0 bridgehead atoms. The number of esters is 1. The molecule has 132 valence electrons. The van der Waals surface area contributed by atoms with E-state index in [9.17, 15) is 4.79 Å². The third kappa shape index (κ3) is 3.91. The second-order valence-corrected chi connectivity index (χ2v) is 6.27. The predicted octanol–water partition coefficient (Wildman–Crippen LogP) is 4.48. The van der Waals surface area contributed by atoms with Crippen molar-refractivity contribution in [1.82, 2.24) is 4.98 Å². The van der Waals surface area contributed by atoms with E-state index in [0.29, 0.717) is 12.1 Å². The highest BCUT2D eigenvalue weighted by molar-refractivity contribution is 5.97. The summed E-state index contributed by atoms with van der Waals surface area (Å²) in [6.45, 7) is 2.77. The van der Waals surface area contributed by atoms with Crippen molar-refractivity contribution in [2.24, 2.45) is 0 Å². The van der Waals surface area contributed by atoms with Gasteiger partial charge in [0.05, 0.1) is 24.9 Å². The van der Waals surface area contributed by atoms with E-state index in [1.165, 1.54) is 7.11 Å². The second-order valence-electron chi connectivity index (χ2n) is 6.27. The molecular formula is C22H22N2O2. The van der Waals surface area contributed by atoms with Gasteiger partial charge in [-0.3, -0.25) is 4.98 Å². The molecule has 0 spiro atoms. The van der Waals surface area contributed by atoms with Gasteiger partial charge < -0.3 is 9.64 Å². The maximum absolute atomic E-state index is 12.1. The zero-order valence-corrected chi connectivity index (χ0v) is 15.3. The molecule has 2 aromatic carbocycles. The van der Waals surface area contributed by atoms with Gasteiger partial charge in [0.1, 0.15) is 0 Å². The van der Waals surface area contributed by atoms with Gasteiger partial charge in [0, 0.05) is 18.9 Å². The van der Waals surface area contributed by atoms with E-state index in [1.807, 2.05) is 43.4 Å². The van der Waals surface area contributed by atoms with Gasteiger partial charge in [-0.05, 0) is 53.9 Å². The fraction of sp³-hybridized carbons (Fsp3) is 0.182. The van der Waals surface area contributed by atoms with Gasteiger partial charge in [-0.25, -0.2) is 4.79 Å². The van der Waals surface area contributed by atoms with E-state index in [1.54, 1.807) is 12.3 Å². The summed E-state index contributed by atoms with van der Waals surface area (Å²) in [5.74, 6) is -0.328. The van der Waals surface area contributed by atoms with Crippen LogP contribution in [0.3, 0.4) is 0 Å². The summed E-state index contributed by atoms with van der Waals surface area (Å²) in [4.78, 5) is 18.7. The average molecular weight is 346 g/mol. The Morgan fingerprint density at radius 2 is 1.85 bits per heavy atom. The van der Waals surface area contributed by atoms with Crippen LogP contribution in [-0.4, -0.2) is 25.1 Å². The summed E-state index contributed by atoms with van der Waals surface area (Å²) in [6.07, 6.45) is 1.80. The zero-order valence-electron chi connectivity index (χ0n) is 15.3. The zero-order chi connectivity index (χ0) is 18.5. The topological polar surface area (TPSA) is 42.4 Å². The van der Waals surface area contributed by atoms with Crippen LogP contribution in [0, 0.1) is 6.92 Å². The lowest BCUT2D eigenvalue weighted by molar-refractivity contribution is 0.0601. The number of methoxy groups -OCH3 is 1.